The third-order valence-corrected chi connectivity index (χ3v) is 5.72. The zero-order valence-corrected chi connectivity index (χ0v) is 17.6. The Morgan fingerprint density at radius 1 is 0.939 bits per heavy atom. The number of amides is 1. The van der Waals surface area contributed by atoms with Crippen molar-refractivity contribution in [3.8, 4) is 5.75 Å². The monoisotopic (exact) mass is 450 g/mol. The molecule has 33 heavy (non-hydrogen) atoms. The molecule has 2 aliphatic rings. The van der Waals surface area contributed by atoms with Crippen LogP contribution in [0.25, 0.3) is 0 Å². The molecule has 2 aliphatic heterocycles. The van der Waals surface area contributed by atoms with E-state index in [-0.39, 0.29) is 24.0 Å². The number of nitrogens with one attached hydrogen (secondary N) is 1. The van der Waals surface area contributed by atoms with Gasteiger partial charge < -0.3 is 19.7 Å². The Bertz CT molecular complexity index is 1260. The molecule has 0 radical (unpaired) electrons. The summed E-state index contributed by atoms with van der Waals surface area (Å²) >= 11 is 0. The highest BCUT2D eigenvalue weighted by Crippen LogP contribution is 2.33. The number of ether oxygens (including phenoxy) is 2. The first-order valence-electron chi connectivity index (χ1n) is 10.5. The lowest BCUT2D eigenvalue weighted by atomic mass is 9.96. The van der Waals surface area contributed by atoms with Crippen molar-refractivity contribution in [1.82, 2.24) is 4.90 Å². The van der Waals surface area contributed by atoms with Crippen molar-refractivity contribution in [2.45, 2.75) is 6.61 Å². The highest BCUT2D eigenvalue weighted by molar-refractivity contribution is 6.13. The van der Waals surface area contributed by atoms with E-state index < -0.39 is 11.6 Å². The van der Waals surface area contributed by atoms with E-state index in [4.69, 9.17) is 9.47 Å². The van der Waals surface area contributed by atoms with Gasteiger partial charge in [0.2, 0.25) is 0 Å². The number of carbonyl (C=O) groups is 2. The van der Waals surface area contributed by atoms with Crippen LogP contribution < -0.4 is 10.1 Å². The summed E-state index contributed by atoms with van der Waals surface area (Å²) in [6.45, 7) is 2.17. The van der Waals surface area contributed by atoms with Gasteiger partial charge in [-0.3, -0.25) is 9.59 Å². The molecule has 8 heteroatoms. The SMILES string of the molecule is O=C1c2cc(C(=O)N3CCOCC3)ccc2COc2cc(Nc3ccc(F)cc3F)ccc21. The summed E-state index contributed by atoms with van der Waals surface area (Å²) in [6, 6.07) is 13.1. The Morgan fingerprint density at radius 2 is 1.76 bits per heavy atom. The molecular formula is C25H20F2N2O4. The van der Waals surface area contributed by atoms with Crippen molar-refractivity contribution >= 4 is 23.1 Å². The predicted molar refractivity (Wildman–Crippen MR) is 117 cm³/mol. The van der Waals surface area contributed by atoms with Gasteiger partial charge in [0.25, 0.3) is 5.91 Å². The van der Waals surface area contributed by atoms with Crippen molar-refractivity contribution in [3.63, 3.8) is 0 Å². The van der Waals surface area contributed by atoms with Crippen molar-refractivity contribution in [2.75, 3.05) is 31.6 Å². The molecule has 168 valence electrons. The molecule has 1 fully saturated rings. The van der Waals surface area contributed by atoms with Gasteiger partial charge in [0.15, 0.2) is 5.78 Å². The molecule has 6 nitrogen and oxygen atoms in total. The van der Waals surface area contributed by atoms with Crippen molar-refractivity contribution in [3.05, 3.63) is 88.5 Å². The number of halogens is 2. The van der Waals surface area contributed by atoms with Crippen LogP contribution in [-0.2, 0) is 11.3 Å². The zero-order chi connectivity index (χ0) is 22.9. The van der Waals surface area contributed by atoms with Crippen LogP contribution in [0.4, 0.5) is 20.2 Å². The number of nitrogens with zero attached hydrogens (tertiary/aromatic N) is 1. The first-order chi connectivity index (χ1) is 16.0. The largest absolute Gasteiger partial charge is 0.488 e. The Labute approximate surface area is 188 Å². The second-order valence-corrected chi connectivity index (χ2v) is 7.85. The Kier molecular flexibility index (Phi) is 5.51. The fourth-order valence-electron chi connectivity index (χ4n) is 3.95. The smallest absolute Gasteiger partial charge is 0.254 e. The number of hydrogen-bond donors (Lipinski definition) is 1. The number of ketones is 1. The molecule has 1 saturated heterocycles. The van der Waals surface area contributed by atoms with Gasteiger partial charge in [0.1, 0.15) is 24.0 Å². The third-order valence-electron chi connectivity index (χ3n) is 5.72. The Hall–Kier alpha value is -3.78. The first-order valence-corrected chi connectivity index (χ1v) is 10.5. The molecule has 0 unspecified atom stereocenters. The topological polar surface area (TPSA) is 67.9 Å². The number of carbonyl (C=O) groups excluding carboxylic acids is 2. The molecule has 3 aromatic carbocycles. The minimum Gasteiger partial charge on any atom is -0.488 e. The molecule has 3 aromatic rings. The molecular weight excluding hydrogens is 430 g/mol. The molecule has 0 aromatic heterocycles. The van der Waals surface area contributed by atoms with E-state index in [9.17, 15) is 18.4 Å². The fraction of sp³-hybridized carbons (Fsp3) is 0.200. The predicted octanol–water partition coefficient (Wildman–Crippen LogP) is 4.30. The lowest BCUT2D eigenvalue weighted by Crippen LogP contribution is -2.40. The van der Waals surface area contributed by atoms with E-state index in [1.807, 2.05) is 0 Å². The lowest BCUT2D eigenvalue weighted by Gasteiger charge is -2.27. The minimum absolute atomic E-state index is 0.103. The second kappa shape index (κ2) is 8.63. The number of rotatable bonds is 3. The van der Waals surface area contributed by atoms with Crippen LogP contribution in [-0.4, -0.2) is 42.9 Å². The van der Waals surface area contributed by atoms with Gasteiger partial charge in [-0.25, -0.2) is 8.78 Å². The third kappa shape index (κ3) is 4.17. The zero-order valence-electron chi connectivity index (χ0n) is 17.6. The molecule has 0 bridgehead atoms. The van der Waals surface area contributed by atoms with Gasteiger partial charge in [-0.1, -0.05) is 6.07 Å². The molecule has 2 heterocycles. The lowest BCUT2D eigenvalue weighted by molar-refractivity contribution is 0.0303. The Morgan fingerprint density at radius 3 is 2.55 bits per heavy atom. The highest BCUT2D eigenvalue weighted by atomic mass is 19.1. The van der Waals surface area contributed by atoms with Gasteiger partial charge >= 0.3 is 0 Å². The van der Waals surface area contributed by atoms with E-state index in [0.29, 0.717) is 60.0 Å². The van der Waals surface area contributed by atoms with Crippen LogP contribution in [0.1, 0.15) is 31.8 Å². The van der Waals surface area contributed by atoms with Crippen LogP contribution in [0.3, 0.4) is 0 Å². The Balaban J connectivity index is 1.42. The summed E-state index contributed by atoms with van der Waals surface area (Å²) in [5, 5.41) is 2.87. The van der Waals surface area contributed by atoms with Crippen LogP contribution in [0.2, 0.25) is 0 Å². The van der Waals surface area contributed by atoms with Crippen molar-refractivity contribution in [1.29, 1.82) is 0 Å². The van der Waals surface area contributed by atoms with E-state index in [1.165, 1.54) is 6.07 Å². The maximum atomic E-state index is 14.0. The maximum absolute atomic E-state index is 14.0. The van der Waals surface area contributed by atoms with Gasteiger partial charge in [-0.05, 0) is 36.4 Å². The summed E-state index contributed by atoms with van der Waals surface area (Å²) in [5.74, 6) is -1.46. The van der Waals surface area contributed by atoms with Crippen molar-refractivity contribution < 1.29 is 27.8 Å². The number of anilines is 2. The molecule has 0 aliphatic carbocycles. The molecule has 1 N–H and O–H groups in total. The van der Waals surface area contributed by atoms with Gasteiger partial charge in [0, 0.05) is 47.6 Å². The molecule has 1 amide bonds. The minimum atomic E-state index is -0.730. The molecule has 0 spiro atoms. The second-order valence-electron chi connectivity index (χ2n) is 7.85. The summed E-state index contributed by atoms with van der Waals surface area (Å²) < 4.78 is 38.3. The molecule has 5 rings (SSSR count). The van der Waals surface area contributed by atoms with E-state index in [1.54, 1.807) is 41.3 Å². The average Bonchev–Trinajstić information content (AvgIpc) is 2.97. The van der Waals surface area contributed by atoms with Crippen LogP contribution in [0, 0.1) is 11.6 Å². The van der Waals surface area contributed by atoms with Gasteiger partial charge in [-0.2, -0.15) is 0 Å². The van der Waals surface area contributed by atoms with Crippen LogP contribution >= 0.6 is 0 Å². The van der Waals surface area contributed by atoms with E-state index in [0.717, 1.165) is 12.1 Å². The normalized spacial score (nSPS) is 15.2. The summed E-state index contributed by atoms with van der Waals surface area (Å²) in [4.78, 5) is 27.9. The molecule has 0 atom stereocenters. The number of fused-ring (bicyclic) bond motifs is 2. The quantitative estimate of drug-likeness (QED) is 0.644. The standard InChI is InChI=1S/C25H20F2N2O4/c26-17-3-6-22(21(27)12-17)28-18-4-5-19-23(13-18)33-14-16-2-1-15(11-20(16)24(19)30)25(31)29-7-9-32-10-8-29/h1-6,11-13,28H,7-10,14H2. The molecule has 0 saturated carbocycles. The maximum Gasteiger partial charge on any atom is 0.254 e. The van der Waals surface area contributed by atoms with Crippen molar-refractivity contribution in [2.24, 2.45) is 0 Å². The van der Waals surface area contributed by atoms with Gasteiger partial charge in [0.05, 0.1) is 24.5 Å². The summed E-state index contributed by atoms with van der Waals surface area (Å²) in [5.41, 5.74) is 2.46. The van der Waals surface area contributed by atoms with Crippen LogP contribution in [0.5, 0.6) is 5.75 Å². The fourth-order valence-corrected chi connectivity index (χ4v) is 3.95. The van der Waals surface area contributed by atoms with E-state index in [2.05, 4.69) is 5.32 Å². The number of morpholine rings is 1. The van der Waals surface area contributed by atoms with Gasteiger partial charge in [-0.15, -0.1) is 0 Å². The number of benzene rings is 3. The van der Waals surface area contributed by atoms with E-state index >= 15 is 0 Å². The summed E-state index contributed by atoms with van der Waals surface area (Å²) in [7, 11) is 0. The highest BCUT2D eigenvalue weighted by Gasteiger charge is 2.26. The average molecular weight is 450 g/mol. The van der Waals surface area contributed by atoms with Crippen LogP contribution in [0.15, 0.2) is 54.6 Å². The number of hydrogen-bond acceptors (Lipinski definition) is 5. The first kappa shape index (κ1) is 21.1. The summed E-state index contributed by atoms with van der Waals surface area (Å²) in [6.07, 6.45) is 0.